The van der Waals surface area contributed by atoms with Gasteiger partial charge in [-0.25, -0.2) is 4.79 Å². The molecule has 0 aliphatic carbocycles. The lowest BCUT2D eigenvalue weighted by Crippen LogP contribution is -2.15. The van der Waals surface area contributed by atoms with E-state index in [1.807, 2.05) is 43.5 Å². The van der Waals surface area contributed by atoms with Crippen LogP contribution in [0.5, 0.6) is 5.75 Å². The average Bonchev–Trinajstić information content (AvgIpc) is 2.72. The normalized spacial score (nSPS) is 15.1. The van der Waals surface area contributed by atoms with Gasteiger partial charge in [0.15, 0.2) is 0 Å². The fourth-order valence-electron chi connectivity index (χ4n) is 3.57. The molecular formula is C23H21NO3. The summed E-state index contributed by atoms with van der Waals surface area (Å²) >= 11 is 0. The first-order chi connectivity index (χ1) is 13.1. The van der Waals surface area contributed by atoms with Crippen LogP contribution in [0.25, 0.3) is 16.8 Å². The molecule has 0 aromatic heterocycles. The van der Waals surface area contributed by atoms with Gasteiger partial charge in [0, 0.05) is 23.4 Å². The van der Waals surface area contributed by atoms with Crippen LogP contribution in [-0.2, 0) is 4.74 Å². The third kappa shape index (κ3) is 2.83. The predicted octanol–water partition coefficient (Wildman–Crippen LogP) is 5.12. The SMILES string of the molecule is CNc1c(C(=O)OC)c2c(c3ccccc13)OC(c1ccc(C)cc1)C=C2. The number of aryl methyl sites for hydroxylation is 1. The Bertz CT molecular complexity index is 1050. The number of methoxy groups -OCH3 is 1. The third-order valence-electron chi connectivity index (χ3n) is 4.93. The summed E-state index contributed by atoms with van der Waals surface area (Å²) in [5.74, 6) is 0.321. The van der Waals surface area contributed by atoms with Crippen LogP contribution in [0.2, 0.25) is 0 Å². The number of esters is 1. The zero-order valence-electron chi connectivity index (χ0n) is 15.6. The molecule has 27 heavy (non-hydrogen) atoms. The molecule has 4 rings (SSSR count). The topological polar surface area (TPSA) is 47.6 Å². The van der Waals surface area contributed by atoms with Crippen molar-refractivity contribution >= 4 is 28.5 Å². The van der Waals surface area contributed by atoms with Crippen molar-refractivity contribution in [3.63, 3.8) is 0 Å². The van der Waals surface area contributed by atoms with Gasteiger partial charge in [0.1, 0.15) is 11.9 Å². The maximum absolute atomic E-state index is 12.5. The number of nitrogens with one attached hydrogen (secondary N) is 1. The zero-order valence-corrected chi connectivity index (χ0v) is 15.6. The largest absolute Gasteiger partial charge is 0.480 e. The Morgan fingerprint density at radius 1 is 1.07 bits per heavy atom. The van der Waals surface area contributed by atoms with Crippen molar-refractivity contribution in [2.75, 3.05) is 19.5 Å². The third-order valence-corrected chi connectivity index (χ3v) is 4.93. The first-order valence-corrected chi connectivity index (χ1v) is 8.90. The maximum atomic E-state index is 12.5. The smallest absolute Gasteiger partial charge is 0.340 e. The lowest BCUT2D eigenvalue weighted by molar-refractivity contribution is 0.0601. The Hall–Kier alpha value is -3.27. The van der Waals surface area contributed by atoms with Crippen LogP contribution in [0.3, 0.4) is 0 Å². The Balaban J connectivity index is 1.94. The summed E-state index contributed by atoms with van der Waals surface area (Å²) in [6.45, 7) is 2.06. The minimum Gasteiger partial charge on any atom is -0.480 e. The monoisotopic (exact) mass is 359 g/mol. The van der Waals surface area contributed by atoms with Gasteiger partial charge < -0.3 is 14.8 Å². The van der Waals surface area contributed by atoms with Crippen LogP contribution >= 0.6 is 0 Å². The molecule has 1 N–H and O–H groups in total. The van der Waals surface area contributed by atoms with Crippen molar-refractivity contribution in [1.29, 1.82) is 0 Å². The molecular weight excluding hydrogens is 338 g/mol. The summed E-state index contributed by atoms with van der Waals surface area (Å²) in [6, 6.07) is 16.2. The van der Waals surface area contributed by atoms with Crippen molar-refractivity contribution in [3.05, 3.63) is 76.9 Å². The Kier molecular flexibility index (Phi) is 4.32. The van der Waals surface area contributed by atoms with Gasteiger partial charge in [-0.15, -0.1) is 0 Å². The van der Waals surface area contributed by atoms with Gasteiger partial charge in [-0.3, -0.25) is 0 Å². The number of hydrogen-bond donors (Lipinski definition) is 1. The predicted molar refractivity (Wildman–Crippen MR) is 108 cm³/mol. The summed E-state index contributed by atoms with van der Waals surface area (Å²) in [5, 5.41) is 5.05. The highest BCUT2D eigenvalue weighted by molar-refractivity contribution is 6.12. The highest BCUT2D eigenvalue weighted by Crippen LogP contribution is 2.44. The minimum atomic E-state index is -0.386. The summed E-state index contributed by atoms with van der Waals surface area (Å²) < 4.78 is 11.4. The van der Waals surface area contributed by atoms with Crippen molar-refractivity contribution < 1.29 is 14.3 Å². The zero-order chi connectivity index (χ0) is 19.0. The lowest BCUT2D eigenvalue weighted by atomic mass is 9.93. The van der Waals surface area contributed by atoms with Crippen molar-refractivity contribution in [3.8, 4) is 5.75 Å². The van der Waals surface area contributed by atoms with Crippen LogP contribution in [-0.4, -0.2) is 20.1 Å². The molecule has 3 aromatic rings. The minimum absolute atomic E-state index is 0.201. The molecule has 0 saturated carbocycles. The molecule has 0 radical (unpaired) electrons. The second-order valence-electron chi connectivity index (χ2n) is 6.59. The van der Waals surface area contributed by atoms with E-state index in [1.54, 1.807) is 0 Å². The summed E-state index contributed by atoms with van der Waals surface area (Å²) in [4.78, 5) is 12.5. The molecule has 0 spiro atoms. The van der Waals surface area contributed by atoms with E-state index in [1.165, 1.54) is 12.7 Å². The lowest BCUT2D eigenvalue weighted by Gasteiger charge is -2.26. The molecule has 0 amide bonds. The van der Waals surface area contributed by atoms with Crippen LogP contribution < -0.4 is 10.1 Å². The van der Waals surface area contributed by atoms with Crippen molar-refractivity contribution in [2.45, 2.75) is 13.0 Å². The molecule has 0 bridgehead atoms. The highest BCUT2D eigenvalue weighted by atomic mass is 16.5. The highest BCUT2D eigenvalue weighted by Gasteiger charge is 2.28. The van der Waals surface area contributed by atoms with Gasteiger partial charge >= 0.3 is 5.97 Å². The van der Waals surface area contributed by atoms with Crippen molar-refractivity contribution in [2.24, 2.45) is 0 Å². The van der Waals surface area contributed by atoms with Gasteiger partial charge in [0.05, 0.1) is 18.4 Å². The quantitative estimate of drug-likeness (QED) is 0.659. The second-order valence-corrected chi connectivity index (χ2v) is 6.59. The number of anilines is 1. The van der Waals surface area contributed by atoms with Crippen LogP contribution in [0.1, 0.15) is 33.2 Å². The molecule has 136 valence electrons. The van der Waals surface area contributed by atoms with Crippen LogP contribution in [0, 0.1) is 6.92 Å². The molecule has 1 unspecified atom stereocenters. The first kappa shape index (κ1) is 17.2. The van der Waals surface area contributed by atoms with E-state index >= 15 is 0 Å². The fraction of sp³-hybridized carbons (Fsp3) is 0.174. The molecule has 1 aliphatic rings. The van der Waals surface area contributed by atoms with Crippen LogP contribution in [0.4, 0.5) is 5.69 Å². The molecule has 0 fully saturated rings. The molecule has 1 atom stereocenters. The van der Waals surface area contributed by atoms with Gasteiger partial charge in [-0.05, 0) is 18.6 Å². The van der Waals surface area contributed by atoms with E-state index in [9.17, 15) is 4.79 Å². The molecule has 4 nitrogen and oxygen atoms in total. The van der Waals surface area contributed by atoms with Crippen molar-refractivity contribution in [1.82, 2.24) is 0 Å². The number of carbonyl (C=O) groups is 1. The van der Waals surface area contributed by atoms with Gasteiger partial charge in [0.25, 0.3) is 0 Å². The molecule has 4 heteroatoms. The molecule has 1 heterocycles. The number of rotatable bonds is 3. The van der Waals surface area contributed by atoms with E-state index in [4.69, 9.17) is 9.47 Å². The van der Waals surface area contributed by atoms with Gasteiger partial charge in [-0.2, -0.15) is 0 Å². The molecule has 3 aromatic carbocycles. The Morgan fingerprint density at radius 2 is 1.78 bits per heavy atom. The van der Waals surface area contributed by atoms with E-state index in [-0.39, 0.29) is 12.1 Å². The number of fused-ring (bicyclic) bond motifs is 3. The van der Waals surface area contributed by atoms with Crippen LogP contribution in [0.15, 0.2) is 54.6 Å². The number of ether oxygens (including phenoxy) is 2. The summed E-state index contributed by atoms with van der Waals surface area (Å²) in [5.41, 5.74) is 4.26. The Morgan fingerprint density at radius 3 is 2.44 bits per heavy atom. The van der Waals surface area contributed by atoms with Gasteiger partial charge in [0.2, 0.25) is 0 Å². The van der Waals surface area contributed by atoms with E-state index in [0.29, 0.717) is 11.3 Å². The molecule has 1 aliphatic heterocycles. The molecule has 0 saturated heterocycles. The van der Waals surface area contributed by atoms with E-state index in [2.05, 4.69) is 36.5 Å². The second kappa shape index (κ2) is 6.80. The van der Waals surface area contributed by atoms with E-state index < -0.39 is 0 Å². The number of hydrogen-bond acceptors (Lipinski definition) is 4. The first-order valence-electron chi connectivity index (χ1n) is 8.90. The number of carbonyl (C=O) groups excluding carboxylic acids is 1. The Labute approximate surface area is 158 Å². The maximum Gasteiger partial charge on any atom is 0.340 e. The van der Waals surface area contributed by atoms with E-state index in [0.717, 1.165) is 27.6 Å². The van der Waals surface area contributed by atoms with Gasteiger partial charge in [-0.1, -0.05) is 60.2 Å². The number of benzene rings is 3. The fourth-order valence-corrected chi connectivity index (χ4v) is 3.57. The standard InChI is InChI=1S/C23H21NO3/c1-14-8-10-15(11-9-14)19-13-12-18-20(23(25)26-3)21(24-2)16-6-4-5-7-17(16)22(18)27-19/h4-13,19,24H,1-3H3. The summed E-state index contributed by atoms with van der Waals surface area (Å²) in [7, 11) is 3.20. The summed E-state index contributed by atoms with van der Waals surface area (Å²) in [6.07, 6.45) is 3.74. The average molecular weight is 359 g/mol.